The van der Waals surface area contributed by atoms with E-state index >= 15 is 0 Å². The second kappa shape index (κ2) is 6.50. The summed E-state index contributed by atoms with van der Waals surface area (Å²) in [5.74, 6) is 0.532. The molecule has 3 nitrogen and oxygen atoms in total. The van der Waals surface area contributed by atoms with E-state index in [1.807, 2.05) is 48.5 Å². The van der Waals surface area contributed by atoms with Gasteiger partial charge in [0.25, 0.3) is 0 Å². The number of pyridine rings is 1. The van der Waals surface area contributed by atoms with Crippen molar-refractivity contribution in [2.75, 3.05) is 7.11 Å². The topological polar surface area (TPSA) is 37.9 Å². The lowest BCUT2D eigenvalue weighted by Gasteiger charge is -2.09. The lowest BCUT2D eigenvalue weighted by molar-refractivity contribution is 0.415. The van der Waals surface area contributed by atoms with Crippen LogP contribution in [0.25, 0.3) is 44.3 Å². The normalized spacial score (nSPS) is 11.2. The summed E-state index contributed by atoms with van der Waals surface area (Å²) in [6.07, 6.45) is 0. The summed E-state index contributed by atoms with van der Waals surface area (Å²) >= 11 is 0. The van der Waals surface area contributed by atoms with Gasteiger partial charge in [0.1, 0.15) is 17.2 Å². The van der Waals surface area contributed by atoms with E-state index in [2.05, 4.69) is 23.2 Å². The fourth-order valence-electron chi connectivity index (χ4n) is 3.63. The maximum Gasteiger partial charge on any atom is 0.139 e. The maximum absolute atomic E-state index is 13.8. The fraction of sp³-hybridized carbons (Fsp3) is 0.0417. The third kappa shape index (κ3) is 2.70. The van der Waals surface area contributed by atoms with Gasteiger partial charge in [-0.05, 0) is 59.7 Å². The molecule has 0 bridgehead atoms. The molecule has 4 heteroatoms. The van der Waals surface area contributed by atoms with Crippen LogP contribution in [-0.2, 0) is 0 Å². The zero-order valence-electron chi connectivity index (χ0n) is 15.2. The Bertz CT molecular complexity index is 1290. The van der Waals surface area contributed by atoms with Crippen molar-refractivity contribution < 1.29 is 9.13 Å². The molecule has 2 aromatic heterocycles. The van der Waals surface area contributed by atoms with Crippen LogP contribution in [-0.4, -0.2) is 17.1 Å². The molecule has 5 aromatic rings. The number of hydrogen-bond donors (Lipinski definition) is 1. The molecule has 0 aliphatic rings. The van der Waals surface area contributed by atoms with Crippen LogP contribution in [0.15, 0.2) is 78.9 Å². The largest absolute Gasteiger partial charge is 0.497 e. The first-order valence-corrected chi connectivity index (χ1v) is 9.05. The molecule has 136 valence electrons. The van der Waals surface area contributed by atoms with Gasteiger partial charge in [0, 0.05) is 16.3 Å². The van der Waals surface area contributed by atoms with E-state index in [9.17, 15) is 4.39 Å². The minimum absolute atomic E-state index is 0.268. The summed E-state index contributed by atoms with van der Waals surface area (Å²) in [7, 11) is 1.65. The number of benzene rings is 3. The first-order valence-electron chi connectivity index (χ1n) is 9.05. The smallest absolute Gasteiger partial charge is 0.139 e. The molecule has 0 radical (unpaired) electrons. The standard InChI is InChI=1S/C24H17FN2O/c1-28-18-10-7-16(8-11-18)21-14-20(15-5-3-2-4-6-15)23-19-12-9-17(25)13-22(19)27-24(23)26-21/h2-14H,1H3,(H,26,27). The number of fused-ring (bicyclic) bond motifs is 3. The highest BCUT2D eigenvalue weighted by molar-refractivity contribution is 6.13. The number of methoxy groups -OCH3 is 1. The van der Waals surface area contributed by atoms with Crippen molar-refractivity contribution in [1.82, 2.24) is 9.97 Å². The Kier molecular flexibility index (Phi) is 3.83. The van der Waals surface area contributed by atoms with Gasteiger partial charge < -0.3 is 9.72 Å². The number of ether oxygens (including phenoxy) is 1. The Morgan fingerprint density at radius 3 is 2.39 bits per heavy atom. The predicted molar refractivity (Wildman–Crippen MR) is 111 cm³/mol. The van der Waals surface area contributed by atoms with Crippen LogP contribution < -0.4 is 4.74 Å². The van der Waals surface area contributed by atoms with Crippen molar-refractivity contribution in [3.63, 3.8) is 0 Å². The number of H-pyrrole nitrogens is 1. The summed E-state index contributed by atoms with van der Waals surface area (Å²) < 4.78 is 19.0. The molecule has 0 unspecified atom stereocenters. The number of nitrogens with one attached hydrogen (secondary N) is 1. The van der Waals surface area contributed by atoms with Crippen molar-refractivity contribution >= 4 is 21.9 Å². The van der Waals surface area contributed by atoms with Gasteiger partial charge in [0.15, 0.2) is 0 Å². The maximum atomic E-state index is 13.8. The zero-order valence-corrected chi connectivity index (χ0v) is 15.2. The highest BCUT2D eigenvalue weighted by Gasteiger charge is 2.15. The molecule has 0 fully saturated rings. The van der Waals surface area contributed by atoms with Crippen molar-refractivity contribution in [2.24, 2.45) is 0 Å². The predicted octanol–water partition coefficient (Wildman–Crippen LogP) is 6.20. The number of halogens is 1. The molecule has 0 saturated heterocycles. The third-order valence-corrected chi connectivity index (χ3v) is 4.99. The summed E-state index contributed by atoms with van der Waals surface area (Å²) in [6.45, 7) is 0. The molecule has 0 saturated carbocycles. The van der Waals surface area contributed by atoms with Crippen molar-refractivity contribution in [2.45, 2.75) is 0 Å². The van der Waals surface area contributed by atoms with Crippen LogP contribution in [0, 0.1) is 5.82 Å². The van der Waals surface area contributed by atoms with Gasteiger partial charge in [-0.15, -0.1) is 0 Å². The van der Waals surface area contributed by atoms with E-state index in [1.165, 1.54) is 12.1 Å². The SMILES string of the molecule is COc1ccc(-c2cc(-c3ccccc3)c3c(n2)[nH]c2cc(F)ccc23)cc1. The third-order valence-electron chi connectivity index (χ3n) is 4.99. The van der Waals surface area contributed by atoms with Crippen LogP contribution in [0.3, 0.4) is 0 Å². The van der Waals surface area contributed by atoms with Gasteiger partial charge >= 0.3 is 0 Å². The Morgan fingerprint density at radius 2 is 1.64 bits per heavy atom. The highest BCUT2D eigenvalue weighted by Crippen LogP contribution is 2.36. The van der Waals surface area contributed by atoms with Gasteiger partial charge in [0.2, 0.25) is 0 Å². The van der Waals surface area contributed by atoms with Gasteiger partial charge in [-0.25, -0.2) is 9.37 Å². The molecule has 3 aromatic carbocycles. The Labute approximate surface area is 161 Å². The van der Waals surface area contributed by atoms with Crippen molar-refractivity contribution in [3.05, 3.63) is 84.7 Å². The van der Waals surface area contributed by atoms with Crippen LogP contribution in [0.4, 0.5) is 4.39 Å². The van der Waals surface area contributed by atoms with Gasteiger partial charge in [-0.2, -0.15) is 0 Å². The monoisotopic (exact) mass is 368 g/mol. The number of nitrogens with zero attached hydrogens (tertiary/aromatic N) is 1. The minimum atomic E-state index is -0.268. The van der Waals surface area contributed by atoms with Gasteiger partial charge in [0.05, 0.1) is 18.3 Å². The van der Waals surface area contributed by atoms with Crippen LogP contribution in [0.1, 0.15) is 0 Å². The van der Waals surface area contributed by atoms with E-state index in [-0.39, 0.29) is 5.82 Å². The van der Waals surface area contributed by atoms with Gasteiger partial charge in [-0.1, -0.05) is 30.3 Å². The number of rotatable bonds is 3. The van der Waals surface area contributed by atoms with Crippen LogP contribution in [0.5, 0.6) is 5.75 Å². The number of hydrogen-bond acceptors (Lipinski definition) is 2. The molecular formula is C24H17FN2O. The van der Waals surface area contributed by atoms with Crippen LogP contribution >= 0.6 is 0 Å². The molecule has 2 heterocycles. The molecule has 0 spiro atoms. The lowest BCUT2D eigenvalue weighted by atomic mass is 9.98. The van der Waals surface area contributed by atoms with Gasteiger partial charge in [-0.3, -0.25) is 0 Å². The fourth-order valence-corrected chi connectivity index (χ4v) is 3.63. The average Bonchev–Trinajstić information content (AvgIpc) is 3.11. The molecular weight excluding hydrogens is 351 g/mol. The summed E-state index contributed by atoms with van der Waals surface area (Å²) in [5.41, 5.74) is 5.48. The first-order chi connectivity index (χ1) is 13.7. The molecule has 5 rings (SSSR count). The molecule has 1 N–H and O–H groups in total. The molecule has 0 atom stereocenters. The molecule has 28 heavy (non-hydrogen) atoms. The average molecular weight is 368 g/mol. The summed E-state index contributed by atoms with van der Waals surface area (Å²) in [5, 5.41) is 1.96. The summed E-state index contributed by atoms with van der Waals surface area (Å²) in [4.78, 5) is 8.12. The van der Waals surface area contributed by atoms with E-state index in [0.29, 0.717) is 0 Å². The second-order valence-electron chi connectivity index (χ2n) is 6.69. The molecule has 0 aliphatic heterocycles. The minimum Gasteiger partial charge on any atom is -0.497 e. The molecule has 0 aliphatic carbocycles. The first kappa shape index (κ1) is 16.5. The Morgan fingerprint density at radius 1 is 0.857 bits per heavy atom. The molecule has 0 amide bonds. The Balaban J connectivity index is 1.82. The van der Waals surface area contributed by atoms with E-state index in [0.717, 1.165) is 50.1 Å². The number of aromatic amines is 1. The number of aromatic nitrogens is 2. The zero-order chi connectivity index (χ0) is 19.1. The van der Waals surface area contributed by atoms with Crippen molar-refractivity contribution in [1.29, 1.82) is 0 Å². The van der Waals surface area contributed by atoms with E-state index < -0.39 is 0 Å². The van der Waals surface area contributed by atoms with E-state index in [4.69, 9.17) is 9.72 Å². The lowest BCUT2D eigenvalue weighted by Crippen LogP contribution is -1.89. The quantitative estimate of drug-likeness (QED) is 0.412. The van der Waals surface area contributed by atoms with Crippen LogP contribution in [0.2, 0.25) is 0 Å². The Hall–Kier alpha value is -3.66. The van der Waals surface area contributed by atoms with E-state index in [1.54, 1.807) is 7.11 Å². The summed E-state index contributed by atoms with van der Waals surface area (Å²) in [6, 6.07) is 24.9. The van der Waals surface area contributed by atoms with Crippen molar-refractivity contribution in [3.8, 4) is 28.1 Å². The second-order valence-corrected chi connectivity index (χ2v) is 6.69. The highest BCUT2D eigenvalue weighted by atomic mass is 19.1.